The monoisotopic (exact) mass is 227 g/mol. The molecule has 1 amide bonds. The second-order valence-corrected chi connectivity index (χ2v) is 4.37. The number of benzene rings is 1. The Morgan fingerprint density at radius 2 is 2.27 bits per heavy atom. The van der Waals surface area contributed by atoms with Crippen molar-refractivity contribution in [3.8, 4) is 0 Å². The Labute approximate surface area is 92.4 Å². The number of carbonyl (C=O) groups excluding carboxylic acids is 1. The van der Waals surface area contributed by atoms with Crippen LogP contribution in [0.2, 0.25) is 5.02 Å². The van der Waals surface area contributed by atoms with Crippen LogP contribution >= 0.6 is 11.6 Å². The van der Waals surface area contributed by atoms with Gasteiger partial charge in [0.15, 0.2) is 0 Å². The number of anilines is 1. The van der Waals surface area contributed by atoms with Crippen LogP contribution in [0.25, 0.3) is 0 Å². The maximum Gasteiger partial charge on any atom is 0.227 e. The third kappa shape index (κ3) is 2.29. The van der Waals surface area contributed by atoms with Gasteiger partial charge in [-0.1, -0.05) is 18.5 Å². The van der Waals surface area contributed by atoms with E-state index in [0.29, 0.717) is 10.9 Å². The van der Waals surface area contributed by atoms with Crippen LogP contribution in [0.15, 0.2) is 18.2 Å². The summed E-state index contributed by atoms with van der Waals surface area (Å²) in [6.07, 6.45) is 0.890. The van der Waals surface area contributed by atoms with Gasteiger partial charge >= 0.3 is 0 Å². The highest BCUT2D eigenvalue weighted by molar-refractivity contribution is 6.30. The molecule has 1 fully saturated rings. The molecular weight excluding hydrogens is 217 g/mol. The van der Waals surface area contributed by atoms with Crippen molar-refractivity contribution in [1.29, 1.82) is 0 Å². The van der Waals surface area contributed by atoms with E-state index in [1.165, 1.54) is 12.1 Å². The van der Waals surface area contributed by atoms with Crippen LogP contribution in [0.5, 0.6) is 0 Å². The van der Waals surface area contributed by atoms with Gasteiger partial charge in [-0.25, -0.2) is 4.39 Å². The van der Waals surface area contributed by atoms with Crippen molar-refractivity contribution < 1.29 is 9.18 Å². The number of nitrogens with one attached hydrogen (secondary N) is 1. The minimum absolute atomic E-state index is 0.0417. The molecule has 2 atom stereocenters. The Bertz CT molecular complexity index is 408. The Balaban J connectivity index is 2.07. The summed E-state index contributed by atoms with van der Waals surface area (Å²) in [4.78, 5) is 11.5. The minimum Gasteiger partial charge on any atom is -0.323 e. The molecule has 1 N–H and O–H groups in total. The Morgan fingerprint density at radius 1 is 1.60 bits per heavy atom. The second kappa shape index (κ2) is 3.81. The van der Waals surface area contributed by atoms with Gasteiger partial charge in [-0.3, -0.25) is 4.79 Å². The van der Waals surface area contributed by atoms with Crippen molar-refractivity contribution in [2.75, 3.05) is 5.32 Å². The SMILES string of the molecule is C[C@@H]1C[C@H]1C(=O)Nc1ccc(Cl)cc1F. The molecule has 4 heteroatoms. The van der Waals surface area contributed by atoms with E-state index >= 15 is 0 Å². The normalized spacial score (nSPS) is 23.7. The lowest BCUT2D eigenvalue weighted by molar-refractivity contribution is -0.117. The van der Waals surface area contributed by atoms with Crippen LogP contribution < -0.4 is 5.32 Å². The molecule has 15 heavy (non-hydrogen) atoms. The summed E-state index contributed by atoms with van der Waals surface area (Å²) in [5.74, 6) is -0.145. The molecule has 0 saturated heterocycles. The predicted octanol–water partition coefficient (Wildman–Crippen LogP) is 3.07. The van der Waals surface area contributed by atoms with Gasteiger partial charge in [0.1, 0.15) is 5.82 Å². The first-order valence-electron chi connectivity index (χ1n) is 4.84. The topological polar surface area (TPSA) is 29.1 Å². The van der Waals surface area contributed by atoms with Crippen LogP contribution in [-0.4, -0.2) is 5.91 Å². The van der Waals surface area contributed by atoms with E-state index in [0.717, 1.165) is 6.42 Å². The molecule has 0 unspecified atom stereocenters. The fourth-order valence-electron chi connectivity index (χ4n) is 1.50. The fourth-order valence-corrected chi connectivity index (χ4v) is 1.66. The number of hydrogen-bond acceptors (Lipinski definition) is 1. The molecule has 1 aliphatic rings. The minimum atomic E-state index is -0.496. The largest absolute Gasteiger partial charge is 0.323 e. The lowest BCUT2D eigenvalue weighted by Crippen LogP contribution is -2.15. The number of rotatable bonds is 2. The third-order valence-corrected chi connectivity index (χ3v) is 2.87. The summed E-state index contributed by atoms with van der Waals surface area (Å²) >= 11 is 5.60. The summed E-state index contributed by atoms with van der Waals surface area (Å²) in [5.41, 5.74) is 0.198. The zero-order valence-electron chi connectivity index (χ0n) is 8.26. The van der Waals surface area contributed by atoms with Crippen LogP contribution in [0.4, 0.5) is 10.1 Å². The second-order valence-electron chi connectivity index (χ2n) is 3.93. The first-order chi connectivity index (χ1) is 7.08. The summed E-state index contributed by atoms with van der Waals surface area (Å²) in [6.45, 7) is 2.00. The number of hydrogen-bond donors (Lipinski definition) is 1. The molecule has 0 aromatic heterocycles. The zero-order valence-corrected chi connectivity index (χ0v) is 9.01. The van der Waals surface area contributed by atoms with Crippen molar-refractivity contribution in [2.24, 2.45) is 11.8 Å². The smallest absolute Gasteiger partial charge is 0.227 e. The zero-order chi connectivity index (χ0) is 11.0. The summed E-state index contributed by atoms with van der Waals surface area (Å²) in [6, 6.07) is 4.21. The average molecular weight is 228 g/mol. The third-order valence-electron chi connectivity index (χ3n) is 2.64. The lowest BCUT2D eigenvalue weighted by Gasteiger charge is -2.05. The highest BCUT2D eigenvalue weighted by Gasteiger charge is 2.39. The molecule has 0 aliphatic heterocycles. The Morgan fingerprint density at radius 3 is 2.80 bits per heavy atom. The molecule has 1 aromatic carbocycles. The van der Waals surface area contributed by atoms with Crippen molar-refractivity contribution in [1.82, 2.24) is 0 Å². The molecule has 1 aromatic rings. The summed E-state index contributed by atoms with van der Waals surface area (Å²) in [7, 11) is 0. The standard InChI is InChI=1S/C11H11ClFNO/c1-6-4-8(6)11(15)14-10-3-2-7(12)5-9(10)13/h2-3,5-6,8H,4H2,1H3,(H,14,15)/t6-,8-/m1/s1. The van der Waals surface area contributed by atoms with E-state index in [2.05, 4.69) is 5.32 Å². The Kier molecular flexibility index (Phi) is 2.65. The summed E-state index contributed by atoms with van der Waals surface area (Å²) < 4.78 is 13.3. The van der Waals surface area contributed by atoms with Gasteiger partial charge in [0.2, 0.25) is 5.91 Å². The molecule has 0 spiro atoms. The van der Waals surface area contributed by atoms with E-state index in [4.69, 9.17) is 11.6 Å². The van der Waals surface area contributed by atoms with Crippen LogP contribution in [-0.2, 0) is 4.79 Å². The van der Waals surface area contributed by atoms with Crippen molar-refractivity contribution in [3.63, 3.8) is 0 Å². The van der Waals surface area contributed by atoms with Gasteiger partial charge in [-0.2, -0.15) is 0 Å². The number of halogens is 2. The Hall–Kier alpha value is -1.09. The fraction of sp³-hybridized carbons (Fsp3) is 0.364. The van der Waals surface area contributed by atoms with Crippen molar-refractivity contribution in [2.45, 2.75) is 13.3 Å². The van der Waals surface area contributed by atoms with Crippen LogP contribution in [0, 0.1) is 17.7 Å². The first kappa shape index (κ1) is 10.4. The van der Waals surface area contributed by atoms with E-state index in [1.54, 1.807) is 6.07 Å². The maximum atomic E-state index is 13.3. The van der Waals surface area contributed by atoms with E-state index in [1.807, 2.05) is 6.92 Å². The number of carbonyl (C=O) groups is 1. The van der Waals surface area contributed by atoms with Gasteiger partial charge < -0.3 is 5.32 Å². The first-order valence-corrected chi connectivity index (χ1v) is 5.21. The average Bonchev–Trinajstić information content (AvgIpc) is 2.88. The maximum absolute atomic E-state index is 13.3. The highest BCUT2D eigenvalue weighted by Crippen LogP contribution is 2.38. The van der Waals surface area contributed by atoms with Crippen LogP contribution in [0.3, 0.4) is 0 Å². The number of amides is 1. The lowest BCUT2D eigenvalue weighted by atomic mass is 10.2. The predicted molar refractivity (Wildman–Crippen MR) is 57.3 cm³/mol. The van der Waals surface area contributed by atoms with Gasteiger partial charge in [0.25, 0.3) is 0 Å². The molecule has 1 saturated carbocycles. The highest BCUT2D eigenvalue weighted by atomic mass is 35.5. The molecule has 2 rings (SSSR count). The van der Waals surface area contributed by atoms with E-state index in [-0.39, 0.29) is 17.5 Å². The van der Waals surface area contributed by atoms with E-state index in [9.17, 15) is 9.18 Å². The van der Waals surface area contributed by atoms with Gasteiger partial charge in [0, 0.05) is 10.9 Å². The molecular formula is C11H11ClFNO. The van der Waals surface area contributed by atoms with E-state index < -0.39 is 5.82 Å². The van der Waals surface area contributed by atoms with Gasteiger partial charge in [-0.05, 0) is 30.5 Å². The summed E-state index contributed by atoms with van der Waals surface area (Å²) in [5, 5.41) is 2.88. The molecule has 80 valence electrons. The van der Waals surface area contributed by atoms with Crippen molar-refractivity contribution in [3.05, 3.63) is 29.0 Å². The molecule has 2 nitrogen and oxygen atoms in total. The van der Waals surface area contributed by atoms with Crippen molar-refractivity contribution >= 4 is 23.2 Å². The van der Waals surface area contributed by atoms with Gasteiger partial charge in [-0.15, -0.1) is 0 Å². The van der Waals surface area contributed by atoms with Gasteiger partial charge in [0.05, 0.1) is 5.69 Å². The molecule has 0 bridgehead atoms. The molecule has 0 radical (unpaired) electrons. The molecule has 1 aliphatic carbocycles. The molecule has 0 heterocycles. The quantitative estimate of drug-likeness (QED) is 0.827. The van der Waals surface area contributed by atoms with Crippen LogP contribution in [0.1, 0.15) is 13.3 Å².